The van der Waals surface area contributed by atoms with Crippen LogP contribution in [-0.4, -0.2) is 55.0 Å². The molecule has 0 bridgehead atoms. The fourth-order valence-corrected chi connectivity index (χ4v) is 3.26. The van der Waals surface area contributed by atoms with E-state index in [1.807, 2.05) is 0 Å². The maximum Gasteiger partial charge on any atom is 0.410 e. The van der Waals surface area contributed by atoms with Gasteiger partial charge in [-0.2, -0.15) is 0 Å². The molecule has 26 heavy (non-hydrogen) atoms. The van der Waals surface area contributed by atoms with Crippen LogP contribution in [0.1, 0.15) is 26.3 Å². The molecule has 1 aromatic carbocycles. The van der Waals surface area contributed by atoms with Crippen LogP contribution in [-0.2, 0) is 29.6 Å². The van der Waals surface area contributed by atoms with Gasteiger partial charge in [0.2, 0.25) is 0 Å². The highest BCUT2D eigenvalue weighted by molar-refractivity contribution is 7.62. The third-order valence-electron chi connectivity index (χ3n) is 3.60. The Balaban J connectivity index is 2.96. The average Bonchev–Trinajstić information content (AvgIpc) is 2.57. The molecule has 0 heterocycles. The Morgan fingerprint density at radius 2 is 1.65 bits per heavy atom. The summed E-state index contributed by atoms with van der Waals surface area (Å²) in [6, 6.07) is 5.25. The van der Waals surface area contributed by atoms with E-state index in [1.165, 1.54) is 21.3 Å². The Morgan fingerprint density at radius 1 is 1.15 bits per heavy atom. The van der Waals surface area contributed by atoms with Crippen LogP contribution in [0.5, 0.6) is 0 Å². The predicted octanol–water partition coefficient (Wildman–Crippen LogP) is 2.66. The second-order valence-electron chi connectivity index (χ2n) is 6.68. The van der Waals surface area contributed by atoms with Gasteiger partial charge in [-0.1, -0.05) is 12.1 Å². The number of carboxylic acid groups (broad SMARTS) is 1. The first-order valence-corrected chi connectivity index (χ1v) is 9.47. The first-order chi connectivity index (χ1) is 11.9. The molecular formula is C17H26NO7P. The first-order valence-electron chi connectivity index (χ1n) is 7.93. The molecule has 0 saturated carbocycles. The van der Waals surface area contributed by atoms with Gasteiger partial charge in [-0.05, 0) is 38.5 Å². The van der Waals surface area contributed by atoms with Crippen LogP contribution in [0.4, 0.5) is 4.79 Å². The number of carbonyl (C=O) groups excluding carboxylic acids is 1. The Kier molecular flexibility index (Phi) is 7.38. The average molecular weight is 387 g/mol. The number of hydrogen-bond acceptors (Lipinski definition) is 6. The minimum absolute atomic E-state index is 0.0651. The highest BCUT2D eigenvalue weighted by Gasteiger charge is 2.30. The highest BCUT2D eigenvalue weighted by Crippen LogP contribution is 2.44. The van der Waals surface area contributed by atoms with Crippen molar-refractivity contribution in [2.75, 3.05) is 21.3 Å². The van der Waals surface area contributed by atoms with Crippen molar-refractivity contribution in [2.24, 2.45) is 0 Å². The van der Waals surface area contributed by atoms with Crippen molar-refractivity contribution in [1.82, 2.24) is 4.90 Å². The summed E-state index contributed by atoms with van der Waals surface area (Å²) in [7, 11) is 0.587. The molecule has 1 N–H and O–H groups in total. The highest BCUT2D eigenvalue weighted by atomic mass is 31.2. The fraction of sp³-hybridized carbons (Fsp3) is 0.529. The molecule has 1 aromatic rings. The topological polar surface area (TPSA) is 102 Å². The van der Waals surface area contributed by atoms with Crippen LogP contribution in [0.25, 0.3) is 0 Å². The lowest BCUT2D eigenvalue weighted by Crippen LogP contribution is -2.46. The number of nitrogens with zero attached hydrogens (tertiary/aromatic N) is 1. The summed E-state index contributed by atoms with van der Waals surface area (Å²) in [6.45, 7) is 5.12. The maximum atomic E-state index is 12.3. The number of amides is 1. The summed E-state index contributed by atoms with van der Waals surface area (Å²) in [5.74, 6) is -1.15. The van der Waals surface area contributed by atoms with Crippen LogP contribution in [0, 0.1) is 0 Å². The van der Waals surface area contributed by atoms with Gasteiger partial charge >= 0.3 is 19.7 Å². The van der Waals surface area contributed by atoms with Crippen molar-refractivity contribution in [1.29, 1.82) is 0 Å². The van der Waals surface area contributed by atoms with Crippen LogP contribution >= 0.6 is 7.60 Å². The van der Waals surface area contributed by atoms with Crippen LogP contribution in [0.15, 0.2) is 24.3 Å². The number of benzene rings is 1. The molecule has 0 spiro atoms. The Labute approximate surface area is 153 Å². The minimum atomic E-state index is -3.37. The second-order valence-corrected chi connectivity index (χ2v) is 8.92. The number of carbonyl (C=O) groups is 2. The third kappa shape index (κ3) is 5.83. The first kappa shape index (κ1) is 22.2. The number of hydrogen-bond donors (Lipinski definition) is 1. The molecule has 146 valence electrons. The van der Waals surface area contributed by atoms with Gasteiger partial charge in [0.25, 0.3) is 0 Å². The molecule has 1 atom stereocenters. The molecule has 9 heteroatoms. The number of rotatable bonds is 7. The van der Waals surface area contributed by atoms with Crippen molar-refractivity contribution in [3.05, 3.63) is 29.8 Å². The van der Waals surface area contributed by atoms with Gasteiger partial charge in [-0.3, -0.25) is 9.46 Å². The van der Waals surface area contributed by atoms with Crippen LogP contribution < -0.4 is 5.30 Å². The van der Waals surface area contributed by atoms with Crippen LogP contribution in [0.3, 0.4) is 0 Å². The lowest BCUT2D eigenvalue weighted by Gasteiger charge is -2.28. The summed E-state index contributed by atoms with van der Waals surface area (Å²) >= 11 is 0. The van der Waals surface area contributed by atoms with E-state index in [1.54, 1.807) is 45.0 Å². The summed E-state index contributed by atoms with van der Waals surface area (Å²) in [6.07, 6.45) is -0.653. The van der Waals surface area contributed by atoms with Gasteiger partial charge in [0, 0.05) is 27.7 Å². The molecule has 0 saturated heterocycles. The molecule has 1 amide bonds. The number of aliphatic carboxylic acids is 1. The van der Waals surface area contributed by atoms with Crippen LogP contribution in [0.2, 0.25) is 0 Å². The summed E-state index contributed by atoms with van der Waals surface area (Å²) in [4.78, 5) is 24.8. The Bertz CT molecular complexity index is 673. The molecular weight excluding hydrogens is 361 g/mol. The number of carboxylic acids is 1. The third-order valence-corrected chi connectivity index (χ3v) is 5.49. The summed E-state index contributed by atoms with van der Waals surface area (Å²) < 4.78 is 27.4. The zero-order chi connectivity index (χ0) is 20.1. The van der Waals surface area contributed by atoms with Crippen molar-refractivity contribution in [3.63, 3.8) is 0 Å². The smallest absolute Gasteiger partial charge is 0.410 e. The molecule has 0 fully saturated rings. The zero-order valence-electron chi connectivity index (χ0n) is 15.9. The van der Waals surface area contributed by atoms with E-state index in [-0.39, 0.29) is 6.42 Å². The van der Waals surface area contributed by atoms with Crippen molar-refractivity contribution in [3.8, 4) is 0 Å². The summed E-state index contributed by atoms with van der Waals surface area (Å²) in [5, 5.41) is 9.84. The van der Waals surface area contributed by atoms with Crippen molar-refractivity contribution >= 4 is 25.0 Å². The van der Waals surface area contributed by atoms with Gasteiger partial charge in [0.05, 0.1) is 5.30 Å². The molecule has 1 rings (SSSR count). The largest absolute Gasteiger partial charge is 0.480 e. The molecule has 0 aliphatic heterocycles. The van der Waals surface area contributed by atoms with E-state index in [0.717, 1.165) is 4.90 Å². The number of ether oxygens (including phenoxy) is 1. The monoisotopic (exact) mass is 387 g/mol. The molecule has 8 nitrogen and oxygen atoms in total. The minimum Gasteiger partial charge on any atom is -0.480 e. The van der Waals surface area contributed by atoms with Crippen molar-refractivity contribution < 1.29 is 33.0 Å². The fourth-order valence-electron chi connectivity index (χ4n) is 2.17. The van der Waals surface area contributed by atoms with E-state index in [4.69, 9.17) is 13.8 Å². The molecule has 0 aromatic heterocycles. The molecule has 0 aliphatic rings. The molecule has 0 aliphatic carbocycles. The van der Waals surface area contributed by atoms with Gasteiger partial charge in [0.15, 0.2) is 0 Å². The Morgan fingerprint density at radius 3 is 2.04 bits per heavy atom. The SMILES string of the molecule is COP(=O)(OC)c1ccc(C[C@@H](C(=O)O)N(C)C(=O)OC(C)(C)C)cc1. The Hall–Kier alpha value is -1.89. The molecule has 0 unspecified atom stereocenters. The van der Waals surface area contributed by atoms with Gasteiger partial charge < -0.3 is 18.9 Å². The van der Waals surface area contributed by atoms with E-state index < -0.39 is 31.3 Å². The van der Waals surface area contributed by atoms with E-state index >= 15 is 0 Å². The second kappa shape index (κ2) is 8.66. The van der Waals surface area contributed by atoms with Gasteiger partial charge in [0.1, 0.15) is 11.6 Å². The molecule has 0 radical (unpaired) electrons. The predicted molar refractivity (Wildman–Crippen MR) is 96.8 cm³/mol. The lowest BCUT2D eigenvalue weighted by molar-refractivity contribution is -0.142. The lowest BCUT2D eigenvalue weighted by atomic mass is 10.1. The van der Waals surface area contributed by atoms with E-state index in [9.17, 15) is 19.3 Å². The van der Waals surface area contributed by atoms with E-state index in [0.29, 0.717) is 10.9 Å². The normalized spacial score (nSPS) is 13.2. The van der Waals surface area contributed by atoms with E-state index in [2.05, 4.69) is 0 Å². The summed E-state index contributed by atoms with van der Waals surface area (Å²) in [5.41, 5.74) is -0.0763. The quantitative estimate of drug-likeness (QED) is 0.718. The van der Waals surface area contributed by atoms with Gasteiger partial charge in [-0.25, -0.2) is 9.59 Å². The van der Waals surface area contributed by atoms with Crippen molar-refractivity contribution in [2.45, 2.75) is 38.8 Å². The van der Waals surface area contributed by atoms with Gasteiger partial charge in [-0.15, -0.1) is 0 Å². The maximum absolute atomic E-state index is 12.3. The zero-order valence-corrected chi connectivity index (χ0v) is 16.8. The standard InChI is InChI=1S/C17H26NO7P/c1-17(2,3)25-16(21)18(4)14(15(19)20)11-12-7-9-13(10-8-12)26(22,23-5)24-6/h7-10,14H,11H2,1-6H3,(H,19,20)/t14-/m0/s1. The number of likely N-dealkylation sites (N-methyl/N-ethyl adjacent to an activating group) is 1.